The molecular weight excluding hydrogens is 394 g/mol. The number of hydrogen-bond donors (Lipinski definition) is 0. The molecule has 0 N–H and O–H groups in total. The molecule has 9 heteroatoms. The number of piperidine rings is 1. The summed E-state index contributed by atoms with van der Waals surface area (Å²) in [4.78, 5) is 27.6. The normalized spacial score (nSPS) is 18.6. The van der Waals surface area contributed by atoms with E-state index in [1.54, 1.807) is 12.1 Å². The number of rotatable bonds is 8. The molecule has 2 aliphatic rings. The molecule has 8 nitrogen and oxygen atoms in total. The molecule has 2 saturated heterocycles. The second-order valence-corrected chi connectivity index (χ2v) is 8.48. The Morgan fingerprint density at radius 2 is 2.00 bits per heavy atom. The van der Waals surface area contributed by atoms with E-state index in [9.17, 15) is 14.9 Å². The van der Waals surface area contributed by atoms with E-state index >= 15 is 0 Å². The van der Waals surface area contributed by atoms with Crippen LogP contribution in [-0.4, -0.2) is 79.4 Å². The van der Waals surface area contributed by atoms with Crippen molar-refractivity contribution < 1.29 is 19.2 Å². The minimum absolute atomic E-state index is 0.0423. The maximum absolute atomic E-state index is 12.5. The van der Waals surface area contributed by atoms with Crippen LogP contribution in [0, 0.1) is 16.0 Å². The lowest BCUT2D eigenvalue weighted by Crippen LogP contribution is -2.44. The highest BCUT2D eigenvalue weighted by Gasteiger charge is 2.25. The third kappa shape index (κ3) is 6.32. The van der Waals surface area contributed by atoms with Gasteiger partial charge in [0.2, 0.25) is 5.91 Å². The van der Waals surface area contributed by atoms with E-state index in [4.69, 9.17) is 9.47 Å². The minimum Gasteiger partial charge on any atom is -0.490 e. The van der Waals surface area contributed by atoms with Crippen LogP contribution in [0.4, 0.5) is 5.69 Å². The van der Waals surface area contributed by atoms with Crippen LogP contribution in [0.2, 0.25) is 0 Å². The van der Waals surface area contributed by atoms with Gasteiger partial charge in [-0.2, -0.15) is 0 Å². The number of benzene rings is 1. The van der Waals surface area contributed by atoms with Crippen LogP contribution in [0.5, 0.6) is 5.75 Å². The van der Waals surface area contributed by atoms with Crippen molar-refractivity contribution >= 4 is 23.4 Å². The zero-order chi connectivity index (χ0) is 20.6. The molecule has 0 unspecified atom stereocenters. The van der Waals surface area contributed by atoms with Gasteiger partial charge in [-0.3, -0.25) is 19.8 Å². The van der Waals surface area contributed by atoms with Crippen LogP contribution < -0.4 is 4.74 Å². The molecule has 160 valence electrons. The highest BCUT2D eigenvalue weighted by atomic mass is 32.2. The summed E-state index contributed by atoms with van der Waals surface area (Å²) in [5, 5.41) is 11.1. The Hall–Kier alpha value is -1.84. The molecule has 0 radical (unpaired) electrons. The highest BCUT2D eigenvalue weighted by Crippen LogP contribution is 2.29. The second-order valence-electron chi connectivity index (χ2n) is 7.49. The number of carbonyl (C=O) groups is 1. The van der Waals surface area contributed by atoms with Crippen LogP contribution in [-0.2, 0) is 15.3 Å². The topological polar surface area (TPSA) is 85.2 Å². The minimum atomic E-state index is -0.445. The molecular formula is C20H29N3O5S. The number of ether oxygens (including phenoxy) is 2. The predicted molar refractivity (Wildman–Crippen MR) is 112 cm³/mol. The average molecular weight is 424 g/mol. The maximum atomic E-state index is 12.5. The molecule has 29 heavy (non-hydrogen) atoms. The Bertz CT molecular complexity index is 703. The molecule has 1 aromatic carbocycles. The van der Waals surface area contributed by atoms with Gasteiger partial charge in [0, 0.05) is 44.5 Å². The molecule has 3 rings (SSSR count). The molecule has 0 saturated carbocycles. The average Bonchev–Trinajstić information content (AvgIpc) is 2.74. The molecule has 0 bridgehead atoms. The summed E-state index contributed by atoms with van der Waals surface area (Å²) >= 11 is 1.49. The lowest BCUT2D eigenvalue weighted by atomic mass is 9.96. The van der Waals surface area contributed by atoms with Crippen molar-refractivity contribution in [2.45, 2.75) is 18.6 Å². The molecule has 0 atom stereocenters. The van der Waals surface area contributed by atoms with Gasteiger partial charge in [-0.15, -0.1) is 11.8 Å². The standard InChI is InChI=1S/C20H29N3O5S/c1-27-19-3-2-17(12-18(19)23(25)26)14-29-15-20(24)22-6-4-16(5-7-22)13-21-8-10-28-11-9-21/h2-3,12,16H,4-11,13-15H2,1H3. The first-order valence-electron chi connectivity index (χ1n) is 10.0. The molecule has 0 spiro atoms. The summed E-state index contributed by atoms with van der Waals surface area (Å²) in [5.74, 6) is 2.02. The number of nitrogens with zero attached hydrogens (tertiary/aromatic N) is 3. The molecule has 2 fully saturated rings. The number of nitro benzene ring substituents is 1. The van der Waals surface area contributed by atoms with Crippen molar-refractivity contribution in [3.63, 3.8) is 0 Å². The van der Waals surface area contributed by atoms with Crippen LogP contribution >= 0.6 is 11.8 Å². The Balaban J connectivity index is 1.39. The number of amides is 1. The fourth-order valence-electron chi connectivity index (χ4n) is 3.83. The van der Waals surface area contributed by atoms with Crippen molar-refractivity contribution in [1.29, 1.82) is 0 Å². The second kappa shape index (κ2) is 10.8. The molecule has 2 heterocycles. The van der Waals surface area contributed by atoms with Gasteiger partial charge in [0.25, 0.3) is 0 Å². The van der Waals surface area contributed by atoms with Gasteiger partial charge in [0.15, 0.2) is 5.75 Å². The quantitative estimate of drug-likeness (QED) is 0.469. The van der Waals surface area contributed by atoms with Gasteiger partial charge in [-0.05, 0) is 30.4 Å². The number of morpholine rings is 1. The van der Waals surface area contributed by atoms with E-state index in [0.29, 0.717) is 17.4 Å². The van der Waals surface area contributed by atoms with E-state index in [-0.39, 0.29) is 17.3 Å². The lowest BCUT2D eigenvalue weighted by molar-refractivity contribution is -0.385. The molecule has 1 aromatic rings. The number of methoxy groups -OCH3 is 1. The largest absolute Gasteiger partial charge is 0.490 e. The first-order chi connectivity index (χ1) is 14.1. The SMILES string of the molecule is COc1ccc(CSCC(=O)N2CCC(CN3CCOCC3)CC2)cc1[N+](=O)[O-]. The van der Waals surface area contributed by atoms with Gasteiger partial charge < -0.3 is 14.4 Å². The zero-order valence-electron chi connectivity index (χ0n) is 16.9. The highest BCUT2D eigenvalue weighted by molar-refractivity contribution is 7.99. The number of carbonyl (C=O) groups excluding carboxylic acids is 1. The van der Waals surface area contributed by atoms with Gasteiger partial charge in [0.1, 0.15) is 0 Å². The molecule has 0 aromatic heterocycles. The monoisotopic (exact) mass is 423 g/mol. The van der Waals surface area contributed by atoms with Crippen molar-refractivity contribution in [3.05, 3.63) is 33.9 Å². The summed E-state index contributed by atoms with van der Waals surface area (Å²) in [7, 11) is 1.42. The Labute approximate surface area is 175 Å². The summed E-state index contributed by atoms with van der Waals surface area (Å²) in [6.45, 7) is 6.43. The smallest absolute Gasteiger partial charge is 0.311 e. The van der Waals surface area contributed by atoms with Gasteiger partial charge in [-0.25, -0.2) is 0 Å². The van der Waals surface area contributed by atoms with Gasteiger partial charge >= 0.3 is 5.69 Å². The number of likely N-dealkylation sites (tertiary alicyclic amines) is 1. The van der Waals surface area contributed by atoms with Crippen LogP contribution in [0.3, 0.4) is 0 Å². The summed E-state index contributed by atoms with van der Waals surface area (Å²) in [6.07, 6.45) is 2.11. The molecule has 1 amide bonds. The van der Waals surface area contributed by atoms with E-state index in [1.165, 1.54) is 24.9 Å². The fraction of sp³-hybridized carbons (Fsp3) is 0.650. The third-order valence-corrected chi connectivity index (χ3v) is 6.51. The number of hydrogen-bond acceptors (Lipinski definition) is 7. The summed E-state index contributed by atoms with van der Waals surface area (Å²) in [6, 6.07) is 4.93. The van der Waals surface area contributed by atoms with Crippen LogP contribution in [0.15, 0.2) is 18.2 Å². The number of thioether (sulfide) groups is 1. The van der Waals surface area contributed by atoms with E-state index in [1.807, 2.05) is 4.90 Å². The summed E-state index contributed by atoms with van der Waals surface area (Å²) in [5.41, 5.74) is 0.777. The molecule has 0 aliphatic carbocycles. The van der Waals surface area contributed by atoms with Crippen molar-refractivity contribution in [1.82, 2.24) is 9.80 Å². The van der Waals surface area contributed by atoms with E-state index in [0.717, 1.165) is 64.3 Å². The Morgan fingerprint density at radius 3 is 2.66 bits per heavy atom. The van der Waals surface area contributed by atoms with Crippen molar-refractivity contribution in [2.75, 3.05) is 58.8 Å². The summed E-state index contributed by atoms with van der Waals surface area (Å²) < 4.78 is 10.4. The van der Waals surface area contributed by atoms with Crippen molar-refractivity contribution in [2.24, 2.45) is 5.92 Å². The zero-order valence-corrected chi connectivity index (χ0v) is 17.7. The Kier molecular flexibility index (Phi) is 8.14. The van der Waals surface area contributed by atoms with Gasteiger partial charge in [-0.1, -0.05) is 6.07 Å². The van der Waals surface area contributed by atoms with E-state index in [2.05, 4.69) is 4.90 Å². The third-order valence-electron chi connectivity index (χ3n) is 5.52. The first-order valence-corrected chi connectivity index (χ1v) is 11.2. The predicted octanol–water partition coefficient (Wildman–Crippen LogP) is 2.41. The molecule has 2 aliphatic heterocycles. The van der Waals surface area contributed by atoms with Crippen LogP contribution in [0.25, 0.3) is 0 Å². The number of nitro groups is 1. The van der Waals surface area contributed by atoms with Crippen LogP contribution in [0.1, 0.15) is 18.4 Å². The van der Waals surface area contributed by atoms with E-state index < -0.39 is 4.92 Å². The van der Waals surface area contributed by atoms with Gasteiger partial charge in [0.05, 0.1) is 31.0 Å². The lowest BCUT2D eigenvalue weighted by Gasteiger charge is -2.36. The fourth-order valence-corrected chi connectivity index (χ4v) is 4.70. The van der Waals surface area contributed by atoms with Crippen molar-refractivity contribution in [3.8, 4) is 5.75 Å². The first kappa shape index (κ1) is 21.9. The Morgan fingerprint density at radius 1 is 1.28 bits per heavy atom. The maximum Gasteiger partial charge on any atom is 0.311 e.